The number of carbonyl (C=O) groups excluding carboxylic acids is 1. The summed E-state index contributed by atoms with van der Waals surface area (Å²) in [5, 5.41) is 0.578. The Morgan fingerprint density at radius 1 is 1.32 bits per heavy atom. The largest absolute Gasteiger partial charge is 0.480 e. The van der Waals surface area contributed by atoms with Gasteiger partial charge in [0.15, 0.2) is 5.17 Å². The lowest BCUT2D eigenvalue weighted by Crippen LogP contribution is -2.28. The van der Waals surface area contributed by atoms with Crippen molar-refractivity contribution in [2.45, 2.75) is 6.92 Å². The number of rotatable bonds is 5. The van der Waals surface area contributed by atoms with Crippen LogP contribution in [0.3, 0.4) is 0 Å². The highest BCUT2D eigenvalue weighted by Crippen LogP contribution is 2.34. The highest BCUT2D eigenvalue weighted by Gasteiger charge is 2.32. The number of thioether (sulfide) groups is 1. The summed E-state index contributed by atoms with van der Waals surface area (Å²) in [5.41, 5.74) is 1.48. The normalized spacial score (nSPS) is 16.6. The van der Waals surface area contributed by atoms with Crippen molar-refractivity contribution in [1.29, 1.82) is 0 Å². The molecular formula is C21H16FIN2O2S. The van der Waals surface area contributed by atoms with E-state index in [-0.39, 0.29) is 18.3 Å². The Labute approximate surface area is 181 Å². The first-order valence-corrected chi connectivity index (χ1v) is 10.3. The van der Waals surface area contributed by atoms with Crippen molar-refractivity contribution in [1.82, 2.24) is 4.90 Å². The number of carbonyl (C=O) groups is 1. The minimum Gasteiger partial charge on any atom is -0.480 e. The van der Waals surface area contributed by atoms with Crippen LogP contribution in [0.15, 0.2) is 52.4 Å². The predicted molar refractivity (Wildman–Crippen MR) is 120 cm³/mol. The van der Waals surface area contributed by atoms with Crippen LogP contribution >= 0.6 is 34.4 Å². The molecule has 0 atom stereocenters. The molecule has 2 aromatic rings. The van der Waals surface area contributed by atoms with Gasteiger partial charge < -0.3 is 4.74 Å². The number of nitrogens with zero attached hydrogens (tertiary/aromatic N) is 2. The van der Waals surface area contributed by atoms with Crippen molar-refractivity contribution in [2.24, 2.45) is 4.99 Å². The number of amides is 1. The van der Waals surface area contributed by atoms with Gasteiger partial charge in [-0.25, -0.2) is 9.38 Å². The number of likely N-dealkylation sites (N-methyl/N-ethyl adjacent to an activating group) is 1. The summed E-state index contributed by atoms with van der Waals surface area (Å²) < 4.78 is 19.5. The summed E-state index contributed by atoms with van der Waals surface area (Å²) in [5.74, 6) is 2.72. The molecule has 0 unspecified atom stereocenters. The molecule has 28 heavy (non-hydrogen) atoms. The molecule has 7 heteroatoms. The number of ether oxygens (including phenoxy) is 1. The number of hydrogen-bond donors (Lipinski definition) is 0. The monoisotopic (exact) mass is 506 g/mol. The van der Waals surface area contributed by atoms with Gasteiger partial charge >= 0.3 is 0 Å². The maximum Gasteiger partial charge on any atom is 0.266 e. The molecule has 1 aliphatic heterocycles. The van der Waals surface area contributed by atoms with E-state index in [9.17, 15) is 9.18 Å². The first-order valence-electron chi connectivity index (χ1n) is 8.43. The second-order valence-electron chi connectivity index (χ2n) is 5.71. The Morgan fingerprint density at radius 3 is 2.71 bits per heavy atom. The number of terminal acetylenes is 1. The van der Waals surface area contributed by atoms with Crippen LogP contribution in [0.25, 0.3) is 6.08 Å². The van der Waals surface area contributed by atoms with Crippen molar-refractivity contribution in [3.63, 3.8) is 0 Å². The van der Waals surface area contributed by atoms with Gasteiger partial charge in [0.05, 0.1) is 14.2 Å². The lowest BCUT2D eigenvalue weighted by atomic mass is 10.2. The van der Waals surface area contributed by atoms with Gasteiger partial charge in [0.2, 0.25) is 0 Å². The second-order valence-corrected chi connectivity index (χ2v) is 7.88. The number of benzene rings is 2. The molecule has 0 N–H and O–H groups in total. The summed E-state index contributed by atoms with van der Waals surface area (Å²) >= 11 is 3.47. The van der Waals surface area contributed by atoms with Crippen LogP contribution in [-0.4, -0.2) is 29.1 Å². The van der Waals surface area contributed by atoms with Gasteiger partial charge in [0.1, 0.15) is 18.2 Å². The molecule has 0 radical (unpaired) electrons. The van der Waals surface area contributed by atoms with E-state index in [1.807, 2.05) is 31.2 Å². The summed E-state index contributed by atoms with van der Waals surface area (Å²) in [6, 6.07) is 11.5. The standard InChI is InChI=1S/C21H16FIN2O2S/c1-3-11-27-18-10-5-14(12-17(18)23)13-19-20(26)25(4-2)21(28-19)24-16-8-6-15(22)7-9-16/h1,5-10,12-13H,4,11H2,2H3/b19-13+,24-21?. The van der Waals surface area contributed by atoms with E-state index in [2.05, 4.69) is 33.5 Å². The molecule has 1 heterocycles. The molecule has 142 valence electrons. The van der Waals surface area contributed by atoms with Crippen molar-refractivity contribution in [3.05, 3.63) is 62.3 Å². The summed E-state index contributed by atoms with van der Waals surface area (Å²) in [6.07, 6.45) is 7.05. The molecule has 1 fully saturated rings. The van der Waals surface area contributed by atoms with E-state index in [0.717, 1.165) is 9.13 Å². The minimum atomic E-state index is -0.323. The average Bonchev–Trinajstić information content (AvgIpc) is 2.97. The third-order valence-corrected chi connectivity index (χ3v) is 5.67. The summed E-state index contributed by atoms with van der Waals surface area (Å²) in [4.78, 5) is 19.4. The zero-order valence-electron chi connectivity index (χ0n) is 15.0. The zero-order chi connectivity index (χ0) is 20.1. The van der Waals surface area contributed by atoms with Crippen molar-refractivity contribution < 1.29 is 13.9 Å². The zero-order valence-corrected chi connectivity index (χ0v) is 18.0. The van der Waals surface area contributed by atoms with Gasteiger partial charge in [-0.15, -0.1) is 6.42 Å². The van der Waals surface area contributed by atoms with E-state index >= 15 is 0 Å². The third kappa shape index (κ3) is 4.75. The van der Waals surface area contributed by atoms with Gasteiger partial charge in [-0.3, -0.25) is 9.69 Å². The van der Waals surface area contributed by atoms with E-state index in [1.54, 1.807) is 17.0 Å². The lowest BCUT2D eigenvalue weighted by Gasteiger charge is -2.11. The molecule has 0 saturated carbocycles. The quantitative estimate of drug-likeness (QED) is 0.323. The van der Waals surface area contributed by atoms with Crippen LogP contribution in [0.4, 0.5) is 10.1 Å². The topological polar surface area (TPSA) is 41.9 Å². The van der Waals surface area contributed by atoms with Crippen LogP contribution < -0.4 is 4.74 Å². The van der Waals surface area contributed by atoms with Gasteiger partial charge in [0, 0.05) is 6.54 Å². The molecule has 0 aromatic heterocycles. The Hall–Kier alpha value is -2.31. The molecule has 1 amide bonds. The van der Waals surface area contributed by atoms with Crippen molar-refractivity contribution >= 4 is 57.2 Å². The van der Waals surface area contributed by atoms with Gasteiger partial charge in [-0.05, 0) is 89.3 Å². The first kappa shape index (κ1) is 20.4. The van der Waals surface area contributed by atoms with Crippen LogP contribution in [0.5, 0.6) is 5.75 Å². The van der Waals surface area contributed by atoms with Crippen LogP contribution in [0.2, 0.25) is 0 Å². The molecular weight excluding hydrogens is 490 g/mol. The van der Waals surface area contributed by atoms with Crippen molar-refractivity contribution in [2.75, 3.05) is 13.2 Å². The highest BCUT2D eigenvalue weighted by molar-refractivity contribution is 14.1. The Balaban J connectivity index is 1.86. The minimum absolute atomic E-state index is 0.101. The Morgan fingerprint density at radius 2 is 2.07 bits per heavy atom. The number of amidine groups is 1. The van der Waals surface area contributed by atoms with E-state index < -0.39 is 0 Å². The van der Waals surface area contributed by atoms with Gasteiger partial charge in [-0.1, -0.05) is 12.0 Å². The van der Waals surface area contributed by atoms with E-state index in [4.69, 9.17) is 11.2 Å². The lowest BCUT2D eigenvalue weighted by molar-refractivity contribution is -0.122. The molecule has 3 rings (SSSR count). The summed E-state index contributed by atoms with van der Waals surface area (Å²) in [7, 11) is 0. The van der Waals surface area contributed by atoms with E-state index in [1.165, 1.54) is 23.9 Å². The van der Waals surface area contributed by atoms with Crippen LogP contribution in [0, 0.1) is 21.7 Å². The maximum absolute atomic E-state index is 13.1. The SMILES string of the molecule is C#CCOc1ccc(/C=C2/SC(=Nc3ccc(F)cc3)N(CC)C2=O)cc1I. The maximum atomic E-state index is 13.1. The fourth-order valence-electron chi connectivity index (χ4n) is 2.49. The first-order chi connectivity index (χ1) is 13.5. The number of aliphatic imine (C=N–C) groups is 1. The fourth-order valence-corrected chi connectivity index (χ4v) is 4.25. The molecule has 4 nitrogen and oxygen atoms in total. The van der Waals surface area contributed by atoms with Gasteiger partial charge in [0.25, 0.3) is 5.91 Å². The molecule has 0 spiro atoms. The van der Waals surface area contributed by atoms with Crippen molar-refractivity contribution in [3.8, 4) is 18.1 Å². The molecule has 0 aliphatic carbocycles. The average molecular weight is 506 g/mol. The molecule has 2 aromatic carbocycles. The Bertz CT molecular complexity index is 996. The predicted octanol–water partition coefficient (Wildman–Crippen LogP) is 5.07. The summed E-state index contributed by atoms with van der Waals surface area (Å²) in [6.45, 7) is 2.60. The number of halogens is 2. The smallest absolute Gasteiger partial charge is 0.266 e. The van der Waals surface area contributed by atoms with Gasteiger partial charge in [-0.2, -0.15) is 0 Å². The third-order valence-electron chi connectivity index (χ3n) is 3.82. The second kappa shape index (κ2) is 9.26. The molecule has 1 saturated heterocycles. The molecule has 1 aliphatic rings. The van der Waals surface area contributed by atoms with Crippen LogP contribution in [-0.2, 0) is 4.79 Å². The number of hydrogen-bond acceptors (Lipinski definition) is 4. The highest BCUT2D eigenvalue weighted by atomic mass is 127. The fraction of sp³-hybridized carbons (Fsp3) is 0.143. The Kier molecular flexibility index (Phi) is 6.75. The van der Waals surface area contributed by atoms with Crippen LogP contribution in [0.1, 0.15) is 12.5 Å². The van der Waals surface area contributed by atoms with E-state index in [0.29, 0.717) is 28.1 Å². The molecule has 0 bridgehead atoms.